The number of nitrogens with zero attached hydrogens (tertiary/aromatic N) is 2. The summed E-state index contributed by atoms with van der Waals surface area (Å²) in [5, 5.41) is 5.68. The Morgan fingerprint density at radius 1 is 1.22 bits per heavy atom. The molecule has 8 nitrogen and oxygen atoms in total. The molecule has 2 N–H and O–H groups in total. The van der Waals surface area contributed by atoms with Crippen molar-refractivity contribution in [1.82, 2.24) is 15.1 Å². The zero-order valence-corrected chi connectivity index (χ0v) is 19.1. The molecule has 2 saturated heterocycles. The van der Waals surface area contributed by atoms with Gasteiger partial charge in [0.2, 0.25) is 11.8 Å². The van der Waals surface area contributed by atoms with Crippen LogP contribution in [0.3, 0.4) is 0 Å². The van der Waals surface area contributed by atoms with Crippen LogP contribution >= 0.6 is 0 Å². The van der Waals surface area contributed by atoms with Crippen molar-refractivity contribution in [3.63, 3.8) is 0 Å². The normalized spacial score (nSPS) is 27.2. The summed E-state index contributed by atoms with van der Waals surface area (Å²) in [5.74, 6) is -0.282. The Morgan fingerprint density at radius 2 is 2.00 bits per heavy atom. The Bertz CT molecular complexity index is 959. The molecule has 1 saturated carbocycles. The predicted molar refractivity (Wildman–Crippen MR) is 119 cm³/mol. The highest BCUT2D eigenvalue weighted by molar-refractivity contribution is 6.10. The Kier molecular flexibility index (Phi) is 5.73. The molecule has 4 rings (SSSR count). The largest absolute Gasteiger partial charge is 0.338 e. The molecular formula is C24H32N4O4. The van der Waals surface area contributed by atoms with E-state index in [0.717, 1.165) is 29.8 Å². The lowest BCUT2D eigenvalue weighted by atomic mass is 9.64. The van der Waals surface area contributed by atoms with E-state index in [2.05, 4.69) is 31.4 Å². The van der Waals surface area contributed by atoms with Crippen LogP contribution in [0.15, 0.2) is 24.3 Å². The van der Waals surface area contributed by atoms with Crippen molar-refractivity contribution in [1.29, 1.82) is 0 Å². The zero-order valence-electron chi connectivity index (χ0n) is 19.1. The number of hydrogen-bond acceptors (Lipinski definition) is 4. The van der Waals surface area contributed by atoms with Gasteiger partial charge in [-0.15, -0.1) is 0 Å². The number of nitrogens with one attached hydrogen (secondary N) is 2. The summed E-state index contributed by atoms with van der Waals surface area (Å²) >= 11 is 0. The lowest BCUT2D eigenvalue weighted by Crippen LogP contribution is -2.54. The highest BCUT2D eigenvalue weighted by atomic mass is 16.2. The van der Waals surface area contributed by atoms with Gasteiger partial charge in [-0.05, 0) is 54.7 Å². The molecular weight excluding hydrogens is 408 g/mol. The van der Waals surface area contributed by atoms with Crippen LogP contribution in [0, 0.1) is 11.3 Å². The fourth-order valence-electron chi connectivity index (χ4n) is 5.83. The van der Waals surface area contributed by atoms with Crippen LogP contribution in [0.1, 0.15) is 58.4 Å². The SMILES string of the molecule is CC1CC(C)(C)CC2(C1)NC(=O)N(CC(=O)Nc1cccc(CN3CCCC3=O)c1)C2=O. The third-order valence-corrected chi connectivity index (χ3v) is 6.68. The average molecular weight is 441 g/mol. The van der Waals surface area contributed by atoms with E-state index in [-0.39, 0.29) is 23.8 Å². The van der Waals surface area contributed by atoms with Crippen LogP contribution in [0.25, 0.3) is 0 Å². The van der Waals surface area contributed by atoms with Gasteiger partial charge in [0.05, 0.1) is 0 Å². The molecule has 3 fully saturated rings. The molecule has 1 spiro atoms. The van der Waals surface area contributed by atoms with E-state index in [1.807, 2.05) is 18.2 Å². The molecule has 2 heterocycles. The van der Waals surface area contributed by atoms with Gasteiger partial charge in [-0.25, -0.2) is 4.79 Å². The Morgan fingerprint density at radius 3 is 2.69 bits per heavy atom. The number of carbonyl (C=O) groups excluding carboxylic acids is 4. The van der Waals surface area contributed by atoms with Gasteiger partial charge >= 0.3 is 6.03 Å². The third-order valence-electron chi connectivity index (χ3n) is 6.68. The molecule has 1 aromatic carbocycles. The average Bonchev–Trinajstić information content (AvgIpc) is 3.16. The molecule has 0 bridgehead atoms. The van der Waals surface area contributed by atoms with E-state index in [1.54, 1.807) is 11.0 Å². The third kappa shape index (κ3) is 4.49. The van der Waals surface area contributed by atoms with Gasteiger partial charge in [0, 0.05) is 25.2 Å². The highest BCUT2D eigenvalue weighted by Gasteiger charge is 2.56. The second-order valence-electron chi connectivity index (χ2n) is 10.4. The summed E-state index contributed by atoms with van der Waals surface area (Å²) in [7, 11) is 0. The van der Waals surface area contributed by atoms with Crippen molar-refractivity contribution in [2.24, 2.45) is 11.3 Å². The van der Waals surface area contributed by atoms with Gasteiger partial charge < -0.3 is 15.5 Å². The number of anilines is 1. The second-order valence-corrected chi connectivity index (χ2v) is 10.4. The molecule has 2 aliphatic heterocycles. The topological polar surface area (TPSA) is 98.8 Å². The van der Waals surface area contributed by atoms with Gasteiger partial charge in [-0.2, -0.15) is 0 Å². The van der Waals surface area contributed by atoms with E-state index >= 15 is 0 Å². The minimum Gasteiger partial charge on any atom is -0.338 e. The van der Waals surface area contributed by atoms with Gasteiger partial charge in [0.1, 0.15) is 12.1 Å². The molecule has 32 heavy (non-hydrogen) atoms. The van der Waals surface area contributed by atoms with Crippen molar-refractivity contribution >= 4 is 29.4 Å². The monoisotopic (exact) mass is 440 g/mol. The molecule has 3 aliphatic rings. The van der Waals surface area contributed by atoms with Crippen molar-refractivity contribution in [2.45, 2.75) is 65.0 Å². The Hall–Kier alpha value is -2.90. The lowest BCUT2D eigenvalue weighted by Gasteiger charge is -2.43. The first kappa shape index (κ1) is 22.3. The number of rotatable bonds is 5. The summed E-state index contributed by atoms with van der Waals surface area (Å²) in [5.41, 5.74) is 0.523. The van der Waals surface area contributed by atoms with Crippen LogP contribution in [0.2, 0.25) is 0 Å². The summed E-state index contributed by atoms with van der Waals surface area (Å²) in [4.78, 5) is 53.2. The fourth-order valence-corrected chi connectivity index (χ4v) is 5.83. The predicted octanol–water partition coefficient (Wildman–Crippen LogP) is 2.88. The van der Waals surface area contributed by atoms with Gasteiger partial charge in [-0.3, -0.25) is 19.3 Å². The summed E-state index contributed by atoms with van der Waals surface area (Å²) in [6.45, 7) is 7.25. The first-order valence-electron chi connectivity index (χ1n) is 11.4. The van der Waals surface area contributed by atoms with Gasteiger partial charge in [0.15, 0.2) is 0 Å². The standard InChI is InChI=1S/C24H32N4O4/c1-16-11-23(2,3)15-24(12-16)21(31)28(22(32)26-24)14-19(29)25-18-7-4-6-17(10-18)13-27-9-5-8-20(27)30/h4,6-7,10,16H,5,8-9,11-15H2,1-3H3,(H,25,29)(H,26,32). The summed E-state index contributed by atoms with van der Waals surface area (Å²) in [6, 6.07) is 6.80. The smallest absolute Gasteiger partial charge is 0.325 e. The molecule has 0 radical (unpaired) electrons. The maximum absolute atomic E-state index is 13.2. The summed E-state index contributed by atoms with van der Waals surface area (Å²) in [6.07, 6.45) is 3.62. The molecule has 5 amide bonds. The molecule has 172 valence electrons. The van der Waals surface area contributed by atoms with Crippen molar-refractivity contribution in [3.8, 4) is 0 Å². The van der Waals surface area contributed by atoms with Crippen LogP contribution in [0.5, 0.6) is 0 Å². The molecule has 2 atom stereocenters. The van der Waals surface area contributed by atoms with Crippen LogP contribution in [-0.2, 0) is 20.9 Å². The minimum atomic E-state index is -0.916. The zero-order chi connectivity index (χ0) is 23.1. The minimum absolute atomic E-state index is 0.0595. The highest BCUT2D eigenvalue weighted by Crippen LogP contribution is 2.46. The second kappa shape index (κ2) is 8.22. The molecule has 8 heteroatoms. The van der Waals surface area contributed by atoms with Crippen molar-refractivity contribution in [3.05, 3.63) is 29.8 Å². The van der Waals surface area contributed by atoms with E-state index in [1.165, 1.54) is 0 Å². The molecule has 1 aliphatic carbocycles. The van der Waals surface area contributed by atoms with Crippen molar-refractivity contribution in [2.75, 3.05) is 18.4 Å². The number of carbonyl (C=O) groups is 4. The van der Waals surface area contributed by atoms with Crippen LogP contribution in [0.4, 0.5) is 10.5 Å². The molecule has 0 aromatic heterocycles. The lowest BCUT2D eigenvalue weighted by molar-refractivity contribution is -0.136. The van der Waals surface area contributed by atoms with Gasteiger partial charge in [0.25, 0.3) is 5.91 Å². The quantitative estimate of drug-likeness (QED) is 0.688. The Labute approximate surface area is 188 Å². The number of amides is 5. The first-order chi connectivity index (χ1) is 15.1. The van der Waals surface area contributed by atoms with Crippen molar-refractivity contribution < 1.29 is 19.2 Å². The number of imide groups is 1. The fraction of sp³-hybridized carbons (Fsp3) is 0.583. The van der Waals surface area contributed by atoms with E-state index in [9.17, 15) is 19.2 Å². The van der Waals surface area contributed by atoms with E-state index in [0.29, 0.717) is 37.4 Å². The van der Waals surface area contributed by atoms with E-state index in [4.69, 9.17) is 0 Å². The van der Waals surface area contributed by atoms with Gasteiger partial charge in [-0.1, -0.05) is 32.9 Å². The number of benzene rings is 1. The molecule has 2 unspecified atom stereocenters. The number of urea groups is 1. The maximum atomic E-state index is 13.2. The Balaban J connectivity index is 1.40. The number of hydrogen-bond donors (Lipinski definition) is 2. The number of likely N-dealkylation sites (tertiary alicyclic amines) is 1. The van der Waals surface area contributed by atoms with E-state index < -0.39 is 17.5 Å². The van der Waals surface area contributed by atoms with Crippen LogP contribution < -0.4 is 10.6 Å². The summed E-state index contributed by atoms with van der Waals surface area (Å²) < 4.78 is 0. The van der Waals surface area contributed by atoms with Crippen LogP contribution in [-0.4, -0.2) is 52.2 Å². The molecule has 1 aromatic rings. The first-order valence-corrected chi connectivity index (χ1v) is 11.4. The maximum Gasteiger partial charge on any atom is 0.325 e.